The summed E-state index contributed by atoms with van der Waals surface area (Å²) in [4.78, 5) is 14.6. The first kappa shape index (κ1) is 13.3. The van der Waals surface area contributed by atoms with Crippen LogP contribution in [0.25, 0.3) is 0 Å². The minimum atomic E-state index is 0.496. The van der Waals surface area contributed by atoms with Crippen molar-refractivity contribution in [3.8, 4) is 0 Å². The van der Waals surface area contributed by atoms with Crippen LogP contribution in [-0.4, -0.2) is 15.0 Å². The second kappa shape index (κ2) is 5.72. The van der Waals surface area contributed by atoms with Crippen LogP contribution in [0.4, 0.5) is 11.6 Å². The highest BCUT2D eigenvalue weighted by atomic mass is 32.1. The zero-order valence-electron chi connectivity index (χ0n) is 11.4. The van der Waals surface area contributed by atoms with Gasteiger partial charge in [-0.2, -0.15) is 0 Å². The SMILES string of the molecule is CCc1cnc(CNc2cc(NN)nc(C3CC3)n2)s1. The second-order valence-corrected chi connectivity index (χ2v) is 6.04. The maximum atomic E-state index is 5.46. The third kappa shape index (κ3) is 3.05. The maximum absolute atomic E-state index is 5.46. The van der Waals surface area contributed by atoms with Crippen LogP contribution in [0.2, 0.25) is 0 Å². The molecule has 2 aromatic rings. The first-order chi connectivity index (χ1) is 9.78. The normalized spacial score (nSPS) is 14.3. The predicted octanol–water partition coefficient (Wildman–Crippen LogP) is 2.27. The molecule has 0 aliphatic heterocycles. The summed E-state index contributed by atoms with van der Waals surface area (Å²) in [5.74, 6) is 8.27. The van der Waals surface area contributed by atoms with Crippen LogP contribution in [0.15, 0.2) is 12.3 Å². The van der Waals surface area contributed by atoms with E-state index in [2.05, 4.69) is 32.6 Å². The number of nitrogens with two attached hydrogens (primary N) is 1. The van der Waals surface area contributed by atoms with Crippen molar-refractivity contribution in [2.45, 2.75) is 38.6 Å². The van der Waals surface area contributed by atoms with Crippen LogP contribution in [-0.2, 0) is 13.0 Å². The molecule has 106 valence electrons. The molecule has 2 aromatic heterocycles. The Morgan fingerprint density at radius 2 is 2.15 bits per heavy atom. The third-order valence-corrected chi connectivity index (χ3v) is 4.35. The predicted molar refractivity (Wildman–Crippen MR) is 80.6 cm³/mol. The van der Waals surface area contributed by atoms with Crippen LogP contribution in [0.5, 0.6) is 0 Å². The van der Waals surface area contributed by atoms with Gasteiger partial charge < -0.3 is 10.7 Å². The monoisotopic (exact) mass is 290 g/mol. The standard InChI is InChI=1S/C13H18N6S/c1-2-9-6-16-12(20-9)7-15-10-5-11(19-14)18-13(17-10)8-3-4-8/h5-6,8H,2-4,7,14H2,1H3,(H2,15,17,18,19). The van der Waals surface area contributed by atoms with Crippen molar-refractivity contribution in [1.82, 2.24) is 15.0 Å². The molecule has 4 N–H and O–H groups in total. The van der Waals surface area contributed by atoms with E-state index in [9.17, 15) is 0 Å². The van der Waals surface area contributed by atoms with Gasteiger partial charge in [0, 0.05) is 23.1 Å². The van der Waals surface area contributed by atoms with Gasteiger partial charge in [-0.05, 0) is 19.3 Å². The minimum Gasteiger partial charge on any atom is -0.363 e. The van der Waals surface area contributed by atoms with Gasteiger partial charge >= 0.3 is 0 Å². The summed E-state index contributed by atoms with van der Waals surface area (Å²) >= 11 is 1.73. The topological polar surface area (TPSA) is 88.8 Å². The van der Waals surface area contributed by atoms with Crippen LogP contribution in [0.1, 0.15) is 41.4 Å². The molecule has 1 fully saturated rings. The first-order valence-electron chi connectivity index (χ1n) is 6.81. The van der Waals surface area contributed by atoms with Crippen molar-refractivity contribution in [3.63, 3.8) is 0 Å². The fraction of sp³-hybridized carbons (Fsp3) is 0.462. The summed E-state index contributed by atoms with van der Waals surface area (Å²) in [6, 6.07) is 1.82. The Kier molecular flexibility index (Phi) is 3.79. The fourth-order valence-electron chi connectivity index (χ4n) is 1.91. The molecule has 1 aliphatic rings. The summed E-state index contributed by atoms with van der Waals surface area (Å²) < 4.78 is 0. The molecule has 0 atom stereocenters. The molecule has 6 nitrogen and oxygen atoms in total. The molecule has 0 amide bonds. The van der Waals surface area contributed by atoms with Crippen molar-refractivity contribution in [2.24, 2.45) is 5.84 Å². The number of nitrogens with zero attached hydrogens (tertiary/aromatic N) is 3. The number of nitrogens with one attached hydrogen (secondary N) is 2. The molecule has 2 heterocycles. The van der Waals surface area contributed by atoms with Gasteiger partial charge in [0.2, 0.25) is 0 Å². The molecule has 0 spiro atoms. The lowest BCUT2D eigenvalue weighted by Gasteiger charge is -2.08. The lowest BCUT2D eigenvalue weighted by molar-refractivity contribution is 0.919. The molecule has 0 aromatic carbocycles. The fourth-order valence-corrected chi connectivity index (χ4v) is 2.72. The number of aryl methyl sites for hydroxylation is 1. The maximum Gasteiger partial charge on any atom is 0.145 e. The van der Waals surface area contributed by atoms with Gasteiger partial charge in [0.1, 0.15) is 22.5 Å². The Morgan fingerprint density at radius 1 is 1.35 bits per heavy atom. The van der Waals surface area contributed by atoms with Gasteiger partial charge in [0.25, 0.3) is 0 Å². The van der Waals surface area contributed by atoms with E-state index in [-0.39, 0.29) is 0 Å². The highest BCUT2D eigenvalue weighted by Crippen LogP contribution is 2.38. The number of hydrogen-bond acceptors (Lipinski definition) is 7. The van der Waals surface area contributed by atoms with Gasteiger partial charge in [-0.25, -0.2) is 20.8 Å². The largest absolute Gasteiger partial charge is 0.363 e. The average Bonchev–Trinajstić information content (AvgIpc) is 3.24. The molecule has 0 radical (unpaired) electrons. The summed E-state index contributed by atoms with van der Waals surface area (Å²) in [6.07, 6.45) is 5.29. The smallest absolute Gasteiger partial charge is 0.145 e. The molecule has 1 aliphatic carbocycles. The van der Waals surface area contributed by atoms with E-state index in [0.29, 0.717) is 18.3 Å². The molecular weight excluding hydrogens is 272 g/mol. The molecular formula is C13H18N6S. The number of rotatable bonds is 6. The zero-order valence-corrected chi connectivity index (χ0v) is 12.2. The summed E-state index contributed by atoms with van der Waals surface area (Å²) in [5.41, 5.74) is 2.60. The molecule has 0 bridgehead atoms. The number of hydrogen-bond donors (Lipinski definition) is 3. The average molecular weight is 290 g/mol. The summed E-state index contributed by atoms with van der Waals surface area (Å²) in [6.45, 7) is 2.81. The first-order valence-corrected chi connectivity index (χ1v) is 7.63. The van der Waals surface area contributed by atoms with Gasteiger partial charge in [-0.1, -0.05) is 6.92 Å². The van der Waals surface area contributed by atoms with Gasteiger partial charge in [-0.3, -0.25) is 0 Å². The number of hydrazine groups is 1. The second-order valence-electron chi connectivity index (χ2n) is 4.84. The number of anilines is 2. The third-order valence-electron chi connectivity index (χ3n) is 3.20. The Bertz CT molecular complexity index is 592. The number of thiazole rings is 1. The van der Waals surface area contributed by atoms with E-state index in [1.54, 1.807) is 11.3 Å². The van der Waals surface area contributed by atoms with Crippen molar-refractivity contribution in [3.05, 3.63) is 28.0 Å². The van der Waals surface area contributed by atoms with Crippen molar-refractivity contribution >= 4 is 23.0 Å². The van der Waals surface area contributed by atoms with Crippen molar-refractivity contribution in [1.29, 1.82) is 0 Å². The minimum absolute atomic E-state index is 0.496. The zero-order chi connectivity index (χ0) is 13.9. The molecule has 20 heavy (non-hydrogen) atoms. The summed E-state index contributed by atoms with van der Waals surface area (Å²) in [7, 11) is 0. The van der Waals surface area contributed by atoms with Crippen LogP contribution in [0, 0.1) is 0 Å². The van der Waals surface area contributed by atoms with E-state index >= 15 is 0 Å². The van der Waals surface area contributed by atoms with E-state index in [0.717, 1.165) is 23.1 Å². The van der Waals surface area contributed by atoms with Crippen LogP contribution in [0.3, 0.4) is 0 Å². The Balaban J connectivity index is 1.71. The van der Waals surface area contributed by atoms with E-state index in [1.165, 1.54) is 17.7 Å². The van der Waals surface area contributed by atoms with Gasteiger partial charge in [-0.15, -0.1) is 11.3 Å². The van der Waals surface area contributed by atoms with Gasteiger partial charge in [0.05, 0.1) is 6.54 Å². The highest BCUT2D eigenvalue weighted by Gasteiger charge is 2.27. The number of aromatic nitrogens is 3. The molecule has 1 saturated carbocycles. The molecule has 3 rings (SSSR count). The molecule has 0 unspecified atom stereocenters. The molecule has 0 saturated heterocycles. The number of nitrogen functional groups attached to an aromatic ring is 1. The van der Waals surface area contributed by atoms with E-state index in [4.69, 9.17) is 5.84 Å². The molecule has 7 heteroatoms. The Labute approximate surface area is 121 Å². The Hall–Kier alpha value is -1.73. The van der Waals surface area contributed by atoms with Crippen molar-refractivity contribution in [2.75, 3.05) is 10.7 Å². The van der Waals surface area contributed by atoms with Crippen LogP contribution < -0.4 is 16.6 Å². The lowest BCUT2D eigenvalue weighted by atomic mass is 10.4. The highest BCUT2D eigenvalue weighted by molar-refractivity contribution is 7.11. The quantitative estimate of drug-likeness (QED) is 0.558. The van der Waals surface area contributed by atoms with Crippen molar-refractivity contribution < 1.29 is 0 Å². The van der Waals surface area contributed by atoms with E-state index < -0.39 is 0 Å². The van der Waals surface area contributed by atoms with Gasteiger partial charge in [0.15, 0.2) is 0 Å². The van der Waals surface area contributed by atoms with E-state index in [1.807, 2.05) is 12.3 Å². The van der Waals surface area contributed by atoms with Crippen LogP contribution >= 0.6 is 11.3 Å². The lowest BCUT2D eigenvalue weighted by Crippen LogP contribution is -2.12. The summed E-state index contributed by atoms with van der Waals surface area (Å²) in [5, 5.41) is 4.36. The Morgan fingerprint density at radius 3 is 2.80 bits per heavy atom.